The van der Waals surface area contributed by atoms with Gasteiger partial charge in [0, 0.05) is 23.7 Å². The molecule has 1 aromatic heterocycles. The van der Waals surface area contributed by atoms with Gasteiger partial charge in [0.25, 0.3) is 0 Å². The summed E-state index contributed by atoms with van der Waals surface area (Å²) in [6.45, 7) is 1.43. The Morgan fingerprint density at radius 3 is 2.94 bits per heavy atom. The Hall–Kier alpha value is -1.94. The molecule has 0 radical (unpaired) electrons. The van der Waals surface area contributed by atoms with Crippen molar-refractivity contribution in [2.24, 2.45) is 0 Å². The van der Waals surface area contributed by atoms with E-state index in [-0.39, 0.29) is 5.91 Å². The monoisotopic (exact) mass is 247 g/mol. The van der Waals surface area contributed by atoms with Crippen molar-refractivity contribution in [3.8, 4) is 11.1 Å². The van der Waals surface area contributed by atoms with Crippen molar-refractivity contribution in [3.05, 3.63) is 41.8 Å². The van der Waals surface area contributed by atoms with Gasteiger partial charge >= 0.3 is 0 Å². The number of rotatable bonds is 2. The summed E-state index contributed by atoms with van der Waals surface area (Å²) in [6.07, 6.45) is 3.03. The van der Waals surface area contributed by atoms with Gasteiger partial charge in [0.1, 0.15) is 12.1 Å². The van der Waals surface area contributed by atoms with Crippen LogP contribution in [0.5, 0.6) is 0 Å². The van der Waals surface area contributed by atoms with E-state index in [4.69, 9.17) is 11.6 Å². The normalized spacial score (nSPS) is 10.0. The molecule has 0 fully saturated rings. The van der Waals surface area contributed by atoms with Crippen molar-refractivity contribution in [2.45, 2.75) is 6.92 Å². The van der Waals surface area contributed by atoms with E-state index in [1.165, 1.54) is 13.3 Å². The maximum Gasteiger partial charge on any atom is 0.222 e. The average Bonchev–Trinajstić information content (AvgIpc) is 2.29. The van der Waals surface area contributed by atoms with Gasteiger partial charge in [-0.1, -0.05) is 23.7 Å². The minimum absolute atomic E-state index is 0.174. The largest absolute Gasteiger partial charge is 0.310 e. The molecule has 1 N–H and O–H groups in total. The van der Waals surface area contributed by atoms with Crippen LogP contribution in [-0.4, -0.2) is 15.9 Å². The SMILES string of the molecule is CC(=O)Nc1ncncc1-c1cccc(Cl)c1. The smallest absolute Gasteiger partial charge is 0.222 e. The molecule has 0 aliphatic carbocycles. The molecule has 2 rings (SSSR count). The number of carbonyl (C=O) groups is 1. The van der Waals surface area contributed by atoms with Crippen molar-refractivity contribution in [1.82, 2.24) is 9.97 Å². The van der Waals surface area contributed by atoms with Crippen molar-refractivity contribution >= 4 is 23.3 Å². The molecule has 4 nitrogen and oxygen atoms in total. The van der Waals surface area contributed by atoms with E-state index in [1.54, 1.807) is 18.3 Å². The van der Waals surface area contributed by atoms with E-state index in [2.05, 4.69) is 15.3 Å². The van der Waals surface area contributed by atoms with Gasteiger partial charge in [-0.05, 0) is 17.7 Å². The standard InChI is InChI=1S/C12H10ClN3O/c1-8(17)16-12-11(6-14-7-15-12)9-3-2-4-10(13)5-9/h2-7H,1H3,(H,14,15,16,17). The number of hydrogen-bond acceptors (Lipinski definition) is 3. The molecule has 0 saturated carbocycles. The first kappa shape index (κ1) is 11.5. The summed E-state index contributed by atoms with van der Waals surface area (Å²) in [7, 11) is 0. The van der Waals surface area contributed by atoms with Crippen molar-refractivity contribution in [1.29, 1.82) is 0 Å². The van der Waals surface area contributed by atoms with Crippen LogP contribution in [0.4, 0.5) is 5.82 Å². The lowest BCUT2D eigenvalue weighted by Gasteiger charge is -2.08. The molecule has 17 heavy (non-hydrogen) atoms. The van der Waals surface area contributed by atoms with Gasteiger partial charge in [0.2, 0.25) is 5.91 Å². The summed E-state index contributed by atoms with van der Waals surface area (Å²) < 4.78 is 0. The lowest BCUT2D eigenvalue weighted by Crippen LogP contribution is -2.08. The number of hydrogen-bond donors (Lipinski definition) is 1. The summed E-state index contributed by atoms with van der Waals surface area (Å²) in [6, 6.07) is 7.30. The van der Waals surface area contributed by atoms with Gasteiger partial charge in [-0.15, -0.1) is 0 Å². The zero-order valence-corrected chi connectivity index (χ0v) is 9.90. The minimum atomic E-state index is -0.174. The van der Waals surface area contributed by atoms with Gasteiger partial charge in [-0.2, -0.15) is 0 Å². The molecule has 1 amide bonds. The van der Waals surface area contributed by atoms with Gasteiger partial charge in [-0.25, -0.2) is 9.97 Å². The molecule has 2 aromatic rings. The van der Waals surface area contributed by atoms with Gasteiger partial charge in [0.15, 0.2) is 0 Å². The van der Waals surface area contributed by atoms with Crippen LogP contribution < -0.4 is 5.32 Å². The van der Waals surface area contributed by atoms with Crippen LogP contribution in [0.3, 0.4) is 0 Å². The van der Waals surface area contributed by atoms with Gasteiger partial charge < -0.3 is 5.32 Å². The van der Waals surface area contributed by atoms with Crippen LogP contribution in [0.25, 0.3) is 11.1 Å². The maximum atomic E-state index is 11.1. The highest BCUT2D eigenvalue weighted by Gasteiger charge is 2.08. The fraction of sp³-hybridized carbons (Fsp3) is 0.0833. The molecular formula is C12H10ClN3O. The highest BCUT2D eigenvalue weighted by molar-refractivity contribution is 6.30. The molecule has 0 aliphatic heterocycles. The first-order valence-electron chi connectivity index (χ1n) is 5.00. The van der Waals surface area contributed by atoms with Crippen molar-refractivity contribution in [2.75, 3.05) is 5.32 Å². The molecule has 0 atom stereocenters. The molecular weight excluding hydrogens is 238 g/mol. The lowest BCUT2D eigenvalue weighted by atomic mass is 10.1. The maximum absolute atomic E-state index is 11.1. The number of anilines is 1. The number of amides is 1. The number of aromatic nitrogens is 2. The first-order valence-corrected chi connectivity index (χ1v) is 5.38. The third kappa shape index (κ3) is 2.79. The lowest BCUT2D eigenvalue weighted by molar-refractivity contribution is -0.114. The molecule has 86 valence electrons. The highest BCUT2D eigenvalue weighted by atomic mass is 35.5. The van der Waals surface area contributed by atoms with E-state index in [0.29, 0.717) is 10.8 Å². The fourth-order valence-corrected chi connectivity index (χ4v) is 1.65. The van der Waals surface area contributed by atoms with Gasteiger partial charge in [-0.3, -0.25) is 4.79 Å². The molecule has 5 heteroatoms. The quantitative estimate of drug-likeness (QED) is 0.888. The predicted octanol–water partition coefficient (Wildman–Crippen LogP) is 2.76. The second-order valence-corrected chi connectivity index (χ2v) is 3.91. The number of carbonyl (C=O) groups excluding carboxylic acids is 1. The molecule has 1 heterocycles. The molecule has 1 aromatic carbocycles. The molecule has 0 unspecified atom stereocenters. The van der Waals surface area contributed by atoms with Crippen LogP contribution in [-0.2, 0) is 4.79 Å². The molecule has 0 saturated heterocycles. The topological polar surface area (TPSA) is 54.9 Å². The summed E-state index contributed by atoms with van der Waals surface area (Å²) in [5.41, 5.74) is 1.60. The zero-order valence-electron chi connectivity index (χ0n) is 9.14. The van der Waals surface area contributed by atoms with Gasteiger partial charge in [0.05, 0.1) is 0 Å². The third-order valence-corrected chi connectivity index (χ3v) is 2.38. The number of nitrogens with zero attached hydrogens (tertiary/aromatic N) is 2. The number of benzene rings is 1. The van der Waals surface area contributed by atoms with Crippen LogP contribution >= 0.6 is 11.6 Å². The van der Waals surface area contributed by atoms with E-state index in [0.717, 1.165) is 11.1 Å². The Labute approximate surface area is 104 Å². The second kappa shape index (κ2) is 4.93. The summed E-state index contributed by atoms with van der Waals surface area (Å²) in [5, 5.41) is 3.28. The molecule has 0 bridgehead atoms. The second-order valence-electron chi connectivity index (χ2n) is 3.48. The highest BCUT2D eigenvalue weighted by Crippen LogP contribution is 2.27. The van der Waals surface area contributed by atoms with Crippen LogP contribution in [0.1, 0.15) is 6.92 Å². The van der Waals surface area contributed by atoms with E-state index in [1.807, 2.05) is 12.1 Å². The minimum Gasteiger partial charge on any atom is -0.310 e. The van der Waals surface area contributed by atoms with Crippen LogP contribution in [0, 0.1) is 0 Å². The van der Waals surface area contributed by atoms with Crippen molar-refractivity contribution in [3.63, 3.8) is 0 Å². The van der Waals surface area contributed by atoms with E-state index < -0.39 is 0 Å². The average molecular weight is 248 g/mol. The number of nitrogens with one attached hydrogen (secondary N) is 1. The summed E-state index contributed by atoms with van der Waals surface area (Å²) >= 11 is 5.92. The Bertz CT molecular complexity index is 557. The van der Waals surface area contributed by atoms with E-state index in [9.17, 15) is 4.79 Å². The number of halogens is 1. The Kier molecular flexibility index (Phi) is 3.35. The third-order valence-electron chi connectivity index (χ3n) is 2.14. The zero-order chi connectivity index (χ0) is 12.3. The van der Waals surface area contributed by atoms with Crippen LogP contribution in [0.2, 0.25) is 5.02 Å². The van der Waals surface area contributed by atoms with Crippen molar-refractivity contribution < 1.29 is 4.79 Å². The predicted molar refractivity (Wildman–Crippen MR) is 66.8 cm³/mol. The van der Waals surface area contributed by atoms with Crippen LogP contribution in [0.15, 0.2) is 36.8 Å². The Balaban J connectivity index is 2.47. The Morgan fingerprint density at radius 1 is 1.41 bits per heavy atom. The van der Waals surface area contributed by atoms with E-state index >= 15 is 0 Å². The fourth-order valence-electron chi connectivity index (χ4n) is 1.46. The first-order chi connectivity index (χ1) is 8.16. The summed E-state index contributed by atoms with van der Waals surface area (Å²) in [4.78, 5) is 19.1. The summed E-state index contributed by atoms with van der Waals surface area (Å²) in [5.74, 6) is 0.307. The molecule has 0 aliphatic rings. The molecule has 0 spiro atoms. The Morgan fingerprint density at radius 2 is 2.24 bits per heavy atom.